The Morgan fingerprint density at radius 3 is 2.36 bits per heavy atom. The van der Waals surface area contributed by atoms with Gasteiger partial charge in [-0.1, -0.05) is 0 Å². The monoisotopic (exact) mass is 300 g/mol. The van der Waals surface area contributed by atoms with Gasteiger partial charge in [0.1, 0.15) is 5.75 Å². The van der Waals surface area contributed by atoms with Crippen LogP contribution < -0.4 is 10.2 Å². The molecule has 2 rings (SSSR count). The lowest BCUT2D eigenvalue weighted by Gasteiger charge is -2.07. The van der Waals surface area contributed by atoms with Gasteiger partial charge in [0, 0.05) is 11.1 Å². The van der Waals surface area contributed by atoms with Gasteiger partial charge < -0.3 is 14.9 Å². The summed E-state index contributed by atoms with van der Waals surface area (Å²) in [6.45, 7) is 1.73. The smallest absolute Gasteiger partial charge is 0.271 e. The summed E-state index contributed by atoms with van der Waals surface area (Å²) in [7, 11) is 1.46. The summed E-state index contributed by atoms with van der Waals surface area (Å²) in [6.07, 6.45) is 0. The summed E-state index contributed by atoms with van der Waals surface area (Å²) >= 11 is 0. The molecule has 0 saturated heterocycles. The summed E-state index contributed by atoms with van der Waals surface area (Å²) in [5, 5.41) is 22.8. The lowest BCUT2D eigenvalue weighted by molar-refractivity contribution is 0.0955. The van der Waals surface area contributed by atoms with Gasteiger partial charge in [-0.2, -0.15) is 5.10 Å². The van der Waals surface area contributed by atoms with Crippen molar-refractivity contribution in [3.63, 3.8) is 0 Å². The lowest BCUT2D eigenvalue weighted by atomic mass is 10.1. The molecule has 0 aliphatic heterocycles. The zero-order valence-electron chi connectivity index (χ0n) is 12.2. The Balaban J connectivity index is 2.12. The fraction of sp³-hybridized carbons (Fsp3) is 0.125. The zero-order chi connectivity index (χ0) is 16.1. The normalized spacial score (nSPS) is 11.1. The second-order valence-electron chi connectivity index (χ2n) is 4.57. The van der Waals surface area contributed by atoms with Crippen molar-refractivity contribution in [3.05, 3.63) is 53.6 Å². The molecule has 0 saturated carbocycles. The average molecular weight is 300 g/mol. The average Bonchev–Trinajstić information content (AvgIpc) is 2.53. The molecule has 3 N–H and O–H groups in total. The molecule has 0 atom stereocenters. The van der Waals surface area contributed by atoms with Crippen molar-refractivity contribution in [2.24, 2.45) is 5.10 Å². The van der Waals surface area contributed by atoms with Crippen LogP contribution in [0.4, 0.5) is 0 Å². The number of nitrogens with zero attached hydrogens (tertiary/aromatic N) is 1. The van der Waals surface area contributed by atoms with Crippen LogP contribution in [-0.2, 0) is 0 Å². The quantitative estimate of drug-likeness (QED) is 0.596. The standard InChI is InChI=1S/C16H16N2O4/c1-10(12-5-8-14(20)15(9-12)22-2)17-18-16(21)11-3-6-13(19)7-4-11/h3-9,19-20H,1-2H3,(H,18,21). The number of phenolic OH excluding ortho intramolecular Hbond substituents is 2. The van der Waals surface area contributed by atoms with Crippen LogP contribution in [0.5, 0.6) is 17.2 Å². The minimum atomic E-state index is -0.384. The van der Waals surface area contributed by atoms with E-state index in [0.29, 0.717) is 22.6 Å². The minimum absolute atomic E-state index is 0.0344. The van der Waals surface area contributed by atoms with E-state index in [-0.39, 0.29) is 17.4 Å². The fourth-order valence-corrected chi connectivity index (χ4v) is 1.78. The number of hydrogen-bond acceptors (Lipinski definition) is 5. The van der Waals surface area contributed by atoms with E-state index in [9.17, 15) is 15.0 Å². The largest absolute Gasteiger partial charge is 0.508 e. The number of amides is 1. The molecule has 0 bridgehead atoms. The topological polar surface area (TPSA) is 91.2 Å². The van der Waals surface area contributed by atoms with Crippen molar-refractivity contribution in [1.82, 2.24) is 5.43 Å². The number of methoxy groups -OCH3 is 1. The van der Waals surface area contributed by atoms with Crippen molar-refractivity contribution in [2.75, 3.05) is 7.11 Å². The molecule has 114 valence electrons. The number of hydrogen-bond donors (Lipinski definition) is 3. The highest BCUT2D eigenvalue weighted by atomic mass is 16.5. The predicted octanol–water partition coefficient (Wildman–Crippen LogP) is 2.26. The number of nitrogens with one attached hydrogen (secondary N) is 1. The first kappa shape index (κ1) is 15.4. The van der Waals surface area contributed by atoms with E-state index in [0.717, 1.165) is 0 Å². The van der Waals surface area contributed by atoms with Gasteiger partial charge >= 0.3 is 0 Å². The highest BCUT2D eigenvalue weighted by molar-refractivity contribution is 6.01. The van der Waals surface area contributed by atoms with Crippen LogP contribution in [-0.4, -0.2) is 28.9 Å². The van der Waals surface area contributed by atoms with Gasteiger partial charge in [-0.25, -0.2) is 5.43 Å². The van der Waals surface area contributed by atoms with E-state index >= 15 is 0 Å². The summed E-state index contributed by atoms with van der Waals surface area (Å²) in [5.41, 5.74) is 4.09. The molecule has 2 aromatic rings. The summed E-state index contributed by atoms with van der Waals surface area (Å²) < 4.78 is 5.03. The summed E-state index contributed by atoms with van der Waals surface area (Å²) in [4.78, 5) is 11.9. The number of carbonyl (C=O) groups is 1. The van der Waals surface area contributed by atoms with Gasteiger partial charge in [-0.3, -0.25) is 4.79 Å². The molecule has 0 aromatic heterocycles. The number of ether oxygens (including phenoxy) is 1. The molecule has 6 heteroatoms. The maximum atomic E-state index is 11.9. The van der Waals surface area contributed by atoms with Crippen molar-refractivity contribution in [2.45, 2.75) is 6.92 Å². The van der Waals surface area contributed by atoms with Gasteiger partial charge in [0.05, 0.1) is 12.8 Å². The second-order valence-corrected chi connectivity index (χ2v) is 4.57. The van der Waals surface area contributed by atoms with E-state index < -0.39 is 0 Å². The molecular formula is C16H16N2O4. The van der Waals surface area contributed by atoms with Crippen LogP contribution in [0.2, 0.25) is 0 Å². The van der Waals surface area contributed by atoms with E-state index in [1.54, 1.807) is 19.1 Å². The molecule has 0 aliphatic rings. The zero-order valence-corrected chi connectivity index (χ0v) is 12.2. The highest BCUT2D eigenvalue weighted by Crippen LogP contribution is 2.26. The molecule has 2 aromatic carbocycles. The second kappa shape index (κ2) is 6.62. The predicted molar refractivity (Wildman–Crippen MR) is 82.4 cm³/mol. The maximum absolute atomic E-state index is 11.9. The van der Waals surface area contributed by atoms with Gasteiger partial charge in [-0.15, -0.1) is 0 Å². The molecule has 6 nitrogen and oxygen atoms in total. The van der Waals surface area contributed by atoms with Crippen molar-refractivity contribution in [3.8, 4) is 17.2 Å². The Labute approximate surface area is 127 Å². The Morgan fingerprint density at radius 2 is 1.73 bits per heavy atom. The lowest BCUT2D eigenvalue weighted by Crippen LogP contribution is -2.19. The number of aromatic hydroxyl groups is 2. The molecular weight excluding hydrogens is 284 g/mol. The van der Waals surface area contributed by atoms with Crippen LogP contribution in [0.3, 0.4) is 0 Å². The molecule has 0 fully saturated rings. The Bertz CT molecular complexity index is 709. The third kappa shape index (κ3) is 3.54. The first-order valence-corrected chi connectivity index (χ1v) is 6.52. The molecule has 22 heavy (non-hydrogen) atoms. The Hall–Kier alpha value is -3.02. The van der Waals surface area contributed by atoms with E-state index in [2.05, 4.69) is 10.5 Å². The van der Waals surface area contributed by atoms with Crippen LogP contribution in [0, 0.1) is 0 Å². The van der Waals surface area contributed by atoms with Gasteiger partial charge in [0.2, 0.25) is 0 Å². The number of phenols is 2. The van der Waals surface area contributed by atoms with Crippen LogP contribution in [0.1, 0.15) is 22.8 Å². The number of benzene rings is 2. The summed E-state index contributed by atoms with van der Waals surface area (Å²) in [5.74, 6) is 0.0709. The van der Waals surface area contributed by atoms with Crippen molar-refractivity contribution in [1.29, 1.82) is 0 Å². The first-order valence-electron chi connectivity index (χ1n) is 6.52. The molecule has 0 heterocycles. The summed E-state index contributed by atoms with van der Waals surface area (Å²) in [6, 6.07) is 10.6. The van der Waals surface area contributed by atoms with Crippen molar-refractivity contribution < 1.29 is 19.7 Å². The minimum Gasteiger partial charge on any atom is -0.508 e. The van der Waals surface area contributed by atoms with Gasteiger partial charge in [0.25, 0.3) is 5.91 Å². The molecule has 1 amide bonds. The maximum Gasteiger partial charge on any atom is 0.271 e. The molecule has 0 unspecified atom stereocenters. The first-order chi connectivity index (χ1) is 10.5. The number of carbonyl (C=O) groups excluding carboxylic acids is 1. The SMILES string of the molecule is COc1cc(C(C)=NNC(=O)c2ccc(O)cc2)ccc1O. The van der Waals surface area contributed by atoms with Crippen LogP contribution in [0.25, 0.3) is 0 Å². The number of hydrazone groups is 1. The van der Waals surface area contributed by atoms with Gasteiger partial charge in [-0.05, 0) is 49.4 Å². The van der Waals surface area contributed by atoms with E-state index in [1.807, 2.05) is 0 Å². The highest BCUT2D eigenvalue weighted by Gasteiger charge is 2.07. The fourth-order valence-electron chi connectivity index (χ4n) is 1.78. The van der Waals surface area contributed by atoms with Crippen LogP contribution in [0.15, 0.2) is 47.6 Å². The molecule has 0 spiro atoms. The van der Waals surface area contributed by atoms with Gasteiger partial charge in [0.15, 0.2) is 11.5 Å². The third-order valence-corrected chi connectivity index (χ3v) is 3.05. The van der Waals surface area contributed by atoms with E-state index in [1.165, 1.54) is 37.4 Å². The molecule has 0 radical (unpaired) electrons. The number of rotatable bonds is 4. The molecule has 0 aliphatic carbocycles. The van der Waals surface area contributed by atoms with Crippen LogP contribution >= 0.6 is 0 Å². The van der Waals surface area contributed by atoms with E-state index in [4.69, 9.17) is 4.74 Å². The Morgan fingerprint density at radius 1 is 1.09 bits per heavy atom. The third-order valence-electron chi connectivity index (χ3n) is 3.05. The Kier molecular flexibility index (Phi) is 4.63. The van der Waals surface area contributed by atoms with Crippen molar-refractivity contribution >= 4 is 11.6 Å².